The van der Waals surface area contributed by atoms with Crippen LogP contribution in [-0.2, 0) is 4.79 Å². The first kappa shape index (κ1) is 18.6. The van der Waals surface area contributed by atoms with Crippen molar-refractivity contribution in [3.05, 3.63) is 42.7 Å². The number of ether oxygens (including phenoxy) is 1. The Labute approximate surface area is 157 Å². The maximum Gasteiger partial charge on any atom is 0.325 e. The van der Waals surface area contributed by atoms with E-state index in [1.165, 1.54) is 0 Å². The average Bonchev–Trinajstić information content (AvgIpc) is 2.69. The SMILES string of the molecule is COc1ccc(NC(=O)NC(=O)CN2CCN(c3ncccn3)CC2)cc1. The summed E-state index contributed by atoms with van der Waals surface area (Å²) in [7, 11) is 1.57. The summed E-state index contributed by atoms with van der Waals surface area (Å²) in [6, 6.07) is 8.09. The third kappa shape index (κ3) is 5.38. The Bertz CT molecular complexity index is 760. The average molecular weight is 370 g/mol. The molecule has 0 atom stereocenters. The number of aromatic nitrogens is 2. The number of hydrogen-bond acceptors (Lipinski definition) is 7. The van der Waals surface area contributed by atoms with E-state index in [0.717, 1.165) is 13.1 Å². The highest BCUT2D eigenvalue weighted by molar-refractivity contribution is 6.01. The van der Waals surface area contributed by atoms with Crippen molar-refractivity contribution in [3.8, 4) is 5.75 Å². The zero-order chi connectivity index (χ0) is 19.1. The third-order valence-corrected chi connectivity index (χ3v) is 4.18. The monoisotopic (exact) mass is 370 g/mol. The van der Waals surface area contributed by atoms with Crippen molar-refractivity contribution in [3.63, 3.8) is 0 Å². The number of rotatable bonds is 5. The summed E-state index contributed by atoms with van der Waals surface area (Å²) in [5.41, 5.74) is 0.581. The minimum Gasteiger partial charge on any atom is -0.497 e. The van der Waals surface area contributed by atoms with Crippen molar-refractivity contribution >= 4 is 23.6 Å². The van der Waals surface area contributed by atoms with Gasteiger partial charge in [-0.2, -0.15) is 0 Å². The van der Waals surface area contributed by atoms with Crippen molar-refractivity contribution in [2.75, 3.05) is 50.1 Å². The van der Waals surface area contributed by atoms with Crippen molar-refractivity contribution in [1.29, 1.82) is 0 Å². The van der Waals surface area contributed by atoms with Gasteiger partial charge in [0.1, 0.15) is 5.75 Å². The van der Waals surface area contributed by atoms with Gasteiger partial charge in [-0.05, 0) is 30.3 Å². The van der Waals surface area contributed by atoms with Crippen molar-refractivity contribution in [1.82, 2.24) is 20.2 Å². The van der Waals surface area contributed by atoms with Crippen LogP contribution in [0.25, 0.3) is 0 Å². The molecule has 2 heterocycles. The molecule has 1 aromatic heterocycles. The van der Waals surface area contributed by atoms with Crippen molar-refractivity contribution in [2.24, 2.45) is 0 Å². The van der Waals surface area contributed by atoms with Crippen LogP contribution in [0.5, 0.6) is 5.75 Å². The van der Waals surface area contributed by atoms with E-state index < -0.39 is 6.03 Å². The lowest BCUT2D eigenvalue weighted by Crippen LogP contribution is -2.50. The van der Waals surface area contributed by atoms with E-state index >= 15 is 0 Å². The highest BCUT2D eigenvalue weighted by Crippen LogP contribution is 2.14. The largest absolute Gasteiger partial charge is 0.497 e. The van der Waals surface area contributed by atoms with E-state index in [9.17, 15) is 9.59 Å². The van der Waals surface area contributed by atoms with E-state index in [1.54, 1.807) is 49.8 Å². The van der Waals surface area contributed by atoms with Gasteiger partial charge in [-0.3, -0.25) is 15.0 Å². The molecule has 0 aliphatic carbocycles. The zero-order valence-electron chi connectivity index (χ0n) is 15.1. The van der Waals surface area contributed by atoms with E-state index in [-0.39, 0.29) is 12.5 Å². The van der Waals surface area contributed by atoms with E-state index in [0.29, 0.717) is 30.5 Å². The first-order valence-electron chi connectivity index (χ1n) is 8.63. The van der Waals surface area contributed by atoms with Gasteiger partial charge in [0.05, 0.1) is 13.7 Å². The molecule has 9 heteroatoms. The fourth-order valence-corrected chi connectivity index (χ4v) is 2.77. The standard InChI is InChI=1S/C18H22N6O3/c1-27-15-5-3-14(4-6-15)21-18(26)22-16(25)13-23-9-11-24(12-10-23)17-19-7-2-8-20-17/h2-8H,9-13H2,1H3,(H2,21,22,25,26). The molecule has 1 aliphatic heterocycles. The summed E-state index contributed by atoms with van der Waals surface area (Å²) in [5.74, 6) is 1.04. The van der Waals surface area contributed by atoms with Crippen LogP contribution < -0.4 is 20.3 Å². The number of nitrogens with zero attached hydrogens (tertiary/aromatic N) is 4. The molecule has 2 N–H and O–H groups in total. The molecule has 3 rings (SSSR count). The number of piperazine rings is 1. The Kier molecular flexibility index (Phi) is 6.16. The minimum absolute atomic E-state index is 0.166. The number of benzene rings is 1. The van der Waals surface area contributed by atoms with Gasteiger partial charge in [0.25, 0.3) is 0 Å². The summed E-state index contributed by atoms with van der Waals surface area (Å²) < 4.78 is 5.06. The second kappa shape index (κ2) is 8.95. The molecule has 142 valence electrons. The van der Waals surface area contributed by atoms with E-state index in [4.69, 9.17) is 4.74 Å². The predicted octanol–water partition coefficient (Wildman–Crippen LogP) is 0.955. The van der Waals surface area contributed by atoms with Gasteiger partial charge in [0.15, 0.2) is 0 Å². The Hall–Kier alpha value is -3.20. The zero-order valence-corrected chi connectivity index (χ0v) is 15.1. The molecule has 0 spiro atoms. The van der Waals surface area contributed by atoms with Crippen LogP contribution in [0.4, 0.5) is 16.4 Å². The molecule has 0 bridgehead atoms. The second-order valence-corrected chi connectivity index (χ2v) is 6.04. The highest BCUT2D eigenvalue weighted by Gasteiger charge is 2.21. The van der Waals surface area contributed by atoms with Gasteiger partial charge in [-0.1, -0.05) is 0 Å². The van der Waals surface area contributed by atoms with Gasteiger partial charge in [-0.25, -0.2) is 14.8 Å². The highest BCUT2D eigenvalue weighted by atomic mass is 16.5. The lowest BCUT2D eigenvalue weighted by molar-refractivity contribution is -0.121. The van der Waals surface area contributed by atoms with Crippen LogP contribution in [0.15, 0.2) is 42.7 Å². The fourth-order valence-electron chi connectivity index (χ4n) is 2.77. The molecule has 1 fully saturated rings. The van der Waals surface area contributed by atoms with Crippen molar-refractivity contribution in [2.45, 2.75) is 0 Å². The topological polar surface area (TPSA) is 99.7 Å². The summed E-state index contributed by atoms with van der Waals surface area (Å²) in [6.45, 7) is 3.03. The maximum atomic E-state index is 12.1. The number of amides is 3. The number of carbonyl (C=O) groups is 2. The van der Waals surface area contributed by atoms with Crippen LogP contribution in [-0.4, -0.2) is 66.6 Å². The molecule has 1 saturated heterocycles. The van der Waals surface area contributed by atoms with Gasteiger partial charge in [0, 0.05) is 44.3 Å². The molecular weight excluding hydrogens is 348 g/mol. The molecule has 1 aromatic carbocycles. The van der Waals surface area contributed by atoms with Crippen LogP contribution >= 0.6 is 0 Å². The molecule has 27 heavy (non-hydrogen) atoms. The smallest absolute Gasteiger partial charge is 0.325 e. The summed E-state index contributed by atoms with van der Waals surface area (Å²) in [5, 5.41) is 4.97. The van der Waals surface area contributed by atoms with Gasteiger partial charge >= 0.3 is 6.03 Å². The first-order chi connectivity index (χ1) is 13.1. The lowest BCUT2D eigenvalue weighted by atomic mass is 10.3. The second-order valence-electron chi connectivity index (χ2n) is 6.04. The van der Waals surface area contributed by atoms with E-state index in [2.05, 4.69) is 25.5 Å². The number of imide groups is 1. The molecule has 9 nitrogen and oxygen atoms in total. The first-order valence-corrected chi connectivity index (χ1v) is 8.63. The van der Waals surface area contributed by atoms with Crippen LogP contribution in [0.1, 0.15) is 0 Å². The Morgan fingerprint density at radius 1 is 1.07 bits per heavy atom. The number of hydrogen-bond donors (Lipinski definition) is 2. The fraction of sp³-hybridized carbons (Fsp3) is 0.333. The van der Waals surface area contributed by atoms with Gasteiger partial charge in [0.2, 0.25) is 11.9 Å². The summed E-state index contributed by atoms with van der Waals surface area (Å²) in [6.07, 6.45) is 3.42. The normalized spacial score (nSPS) is 14.5. The van der Waals surface area contributed by atoms with E-state index in [1.807, 2.05) is 4.90 Å². The molecule has 0 saturated carbocycles. The molecular formula is C18H22N6O3. The van der Waals surface area contributed by atoms with Crippen LogP contribution in [0, 0.1) is 0 Å². The quantitative estimate of drug-likeness (QED) is 0.808. The molecule has 0 unspecified atom stereocenters. The summed E-state index contributed by atoms with van der Waals surface area (Å²) in [4.78, 5) is 36.6. The van der Waals surface area contributed by atoms with Gasteiger partial charge < -0.3 is 15.0 Å². The molecule has 3 amide bonds. The maximum absolute atomic E-state index is 12.1. The number of nitrogens with one attached hydrogen (secondary N) is 2. The molecule has 0 radical (unpaired) electrons. The molecule has 1 aliphatic rings. The third-order valence-electron chi connectivity index (χ3n) is 4.18. The van der Waals surface area contributed by atoms with Crippen molar-refractivity contribution < 1.29 is 14.3 Å². The Morgan fingerprint density at radius 2 is 1.74 bits per heavy atom. The molecule has 2 aromatic rings. The minimum atomic E-state index is -0.554. The summed E-state index contributed by atoms with van der Waals surface area (Å²) >= 11 is 0. The predicted molar refractivity (Wildman–Crippen MR) is 101 cm³/mol. The Balaban J connectivity index is 1.41. The number of urea groups is 1. The van der Waals surface area contributed by atoms with Crippen LogP contribution in [0.2, 0.25) is 0 Å². The number of methoxy groups -OCH3 is 1. The van der Waals surface area contributed by atoms with Gasteiger partial charge in [-0.15, -0.1) is 0 Å². The van der Waals surface area contributed by atoms with Crippen LogP contribution in [0.3, 0.4) is 0 Å². The number of carbonyl (C=O) groups excluding carboxylic acids is 2. The lowest BCUT2D eigenvalue weighted by Gasteiger charge is -2.34. The number of anilines is 2. The Morgan fingerprint density at radius 3 is 2.37 bits per heavy atom.